The predicted octanol–water partition coefficient (Wildman–Crippen LogP) is 1.55. The fourth-order valence-corrected chi connectivity index (χ4v) is 1.39. The van der Waals surface area contributed by atoms with Crippen LogP contribution in [0, 0.1) is 11.3 Å². The van der Waals surface area contributed by atoms with Crippen LogP contribution in [0.25, 0.3) is 11.4 Å². The summed E-state index contributed by atoms with van der Waals surface area (Å²) in [5.41, 5.74) is 2.54. The summed E-state index contributed by atoms with van der Waals surface area (Å²) in [7, 11) is 1.83. The first-order chi connectivity index (χ1) is 7.31. The topological polar surface area (TPSA) is 54.5 Å². The first-order valence-electron chi connectivity index (χ1n) is 4.62. The zero-order valence-electron chi connectivity index (χ0n) is 8.38. The van der Waals surface area contributed by atoms with Crippen molar-refractivity contribution in [1.29, 1.82) is 5.26 Å². The van der Waals surface area contributed by atoms with Gasteiger partial charge in [-0.3, -0.25) is 9.67 Å². The van der Waals surface area contributed by atoms with Gasteiger partial charge in [0.25, 0.3) is 0 Å². The fraction of sp³-hybridized carbons (Fsp3) is 0.182. The van der Waals surface area contributed by atoms with Crippen LogP contribution in [0.4, 0.5) is 0 Å². The van der Waals surface area contributed by atoms with Gasteiger partial charge in [0, 0.05) is 13.2 Å². The largest absolute Gasteiger partial charge is 0.271 e. The molecule has 0 saturated carbocycles. The predicted molar refractivity (Wildman–Crippen MR) is 55.8 cm³/mol. The van der Waals surface area contributed by atoms with E-state index in [2.05, 4.69) is 16.2 Å². The average Bonchev–Trinajstić information content (AvgIpc) is 2.63. The molecule has 0 aliphatic carbocycles. The molecule has 0 N–H and O–H groups in total. The molecule has 4 heteroatoms. The maximum atomic E-state index is 8.62. The Balaban J connectivity index is 2.40. The highest BCUT2D eigenvalue weighted by Gasteiger charge is 2.06. The molecular formula is C11H10N4. The molecule has 0 radical (unpaired) electrons. The van der Waals surface area contributed by atoms with Gasteiger partial charge in [0.1, 0.15) is 5.69 Å². The third-order valence-corrected chi connectivity index (χ3v) is 2.16. The Morgan fingerprint density at radius 3 is 2.93 bits per heavy atom. The van der Waals surface area contributed by atoms with Gasteiger partial charge >= 0.3 is 0 Å². The molecule has 0 saturated heterocycles. The maximum absolute atomic E-state index is 8.62. The second kappa shape index (κ2) is 3.93. The molecule has 0 amide bonds. The van der Waals surface area contributed by atoms with Crippen molar-refractivity contribution in [1.82, 2.24) is 14.8 Å². The van der Waals surface area contributed by atoms with Gasteiger partial charge in [0.2, 0.25) is 0 Å². The normalized spacial score (nSPS) is 9.87. The van der Waals surface area contributed by atoms with Gasteiger partial charge in [-0.2, -0.15) is 10.4 Å². The van der Waals surface area contributed by atoms with Crippen LogP contribution in [-0.2, 0) is 13.5 Å². The van der Waals surface area contributed by atoms with Crippen molar-refractivity contribution < 1.29 is 0 Å². The highest BCUT2D eigenvalue weighted by atomic mass is 15.3. The van der Waals surface area contributed by atoms with Crippen molar-refractivity contribution in [3.05, 3.63) is 36.2 Å². The molecule has 2 heterocycles. The Kier molecular flexibility index (Phi) is 2.46. The molecule has 0 aromatic carbocycles. The van der Waals surface area contributed by atoms with E-state index in [4.69, 9.17) is 5.26 Å². The number of aryl methyl sites for hydroxylation is 1. The Morgan fingerprint density at radius 2 is 2.27 bits per heavy atom. The second-order valence-electron chi connectivity index (χ2n) is 3.19. The molecule has 0 aliphatic heterocycles. The summed E-state index contributed by atoms with van der Waals surface area (Å²) in [6.45, 7) is 0. The van der Waals surface area contributed by atoms with Crippen LogP contribution in [0.2, 0.25) is 0 Å². The molecule has 0 aliphatic rings. The van der Waals surface area contributed by atoms with Crippen molar-refractivity contribution in [2.75, 3.05) is 0 Å². The van der Waals surface area contributed by atoms with E-state index in [1.165, 1.54) is 0 Å². The molecule has 0 atom stereocenters. The average molecular weight is 198 g/mol. The van der Waals surface area contributed by atoms with Gasteiger partial charge in [-0.15, -0.1) is 0 Å². The SMILES string of the molecule is Cn1nc(-c2ccccn2)cc1CC#N. The monoisotopic (exact) mass is 198 g/mol. The summed E-state index contributed by atoms with van der Waals surface area (Å²) in [6, 6.07) is 9.69. The highest BCUT2D eigenvalue weighted by molar-refractivity contribution is 5.54. The lowest BCUT2D eigenvalue weighted by Gasteiger charge is -1.93. The minimum atomic E-state index is 0.371. The van der Waals surface area contributed by atoms with E-state index in [1.807, 2.05) is 31.3 Å². The molecule has 4 nitrogen and oxygen atoms in total. The standard InChI is InChI=1S/C11H10N4/c1-15-9(5-6-12)8-11(14-15)10-4-2-3-7-13-10/h2-4,7-8H,5H2,1H3. The molecular weight excluding hydrogens is 188 g/mol. The molecule has 0 spiro atoms. The Bertz CT molecular complexity index is 493. The molecule has 74 valence electrons. The molecule has 0 bridgehead atoms. The van der Waals surface area contributed by atoms with Crippen molar-refractivity contribution in [3.63, 3.8) is 0 Å². The third-order valence-electron chi connectivity index (χ3n) is 2.16. The lowest BCUT2D eigenvalue weighted by molar-refractivity contribution is 0.731. The lowest BCUT2D eigenvalue weighted by Crippen LogP contribution is -1.96. The minimum absolute atomic E-state index is 0.371. The van der Waals surface area contributed by atoms with E-state index >= 15 is 0 Å². The van der Waals surface area contributed by atoms with Gasteiger partial charge in [-0.05, 0) is 18.2 Å². The fourth-order valence-electron chi connectivity index (χ4n) is 1.39. The summed E-state index contributed by atoms with van der Waals surface area (Å²) in [4.78, 5) is 4.20. The number of nitriles is 1. The summed E-state index contributed by atoms with van der Waals surface area (Å²) in [6.07, 6.45) is 2.10. The van der Waals surface area contributed by atoms with E-state index < -0.39 is 0 Å². The van der Waals surface area contributed by atoms with Crippen LogP contribution < -0.4 is 0 Å². The molecule has 2 aromatic rings. The third kappa shape index (κ3) is 1.86. The van der Waals surface area contributed by atoms with Crippen molar-refractivity contribution in [3.8, 4) is 17.5 Å². The first-order valence-corrected chi connectivity index (χ1v) is 4.62. The zero-order chi connectivity index (χ0) is 10.7. The van der Waals surface area contributed by atoms with Gasteiger partial charge < -0.3 is 0 Å². The summed E-state index contributed by atoms with van der Waals surface area (Å²) in [5, 5.41) is 12.9. The number of pyridine rings is 1. The van der Waals surface area contributed by atoms with Crippen LogP contribution in [0.15, 0.2) is 30.5 Å². The minimum Gasteiger partial charge on any atom is -0.271 e. The smallest absolute Gasteiger partial charge is 0.111 e. The van der Waals surface area contributed by atoms with Crippen LogP contribution >= 0.6 is 0 Å². The number of nitrogens with zero attached hydrogens (tertiary/aromatic N) is 4. The van der Waals surface area contributed by atoms with Crippen molar-refractivity contribution in [2.45, 2.75) is 6.42 Å². The van der Waals surface area contributed by atoms with Gasteiger partial charge in [-0.25, -0.2) is 0 Å². The Labute approximate surface area is 87.8 Å². The van der Waals surface area contributed by atoms with E-state index in [9.17, 15) is 0 Å². The maximum Gasteiger partial charge on any atom is 0.111 e. The van der Waals surface area contributed by atoms with E-state index in [1.54, 1.807) is 10.9 Å². The number of hydrogen-bond donors (Lipinski definition) is 0. The molecule has 0 fully saturated rings. The van der Waals surface area contributed by atoms with Crippen LogP contribution in [0.5, 0.6) is 0 Å². The van der Waals surface area contributed by atoms with Crippen LogP contribution in [0.1, 0.15) is 5.69 Å². The van der Waals surface area contributed by atoms with E-state index in [0.717, 1.165) is 17.1 Å². The molecule has 15 heavy (non-hydrogen) atoms. The number of aromatic nitrogens is 3. The number of hydrogen-bond acceptors (Lipinski definition) is 3. The molecule has 2 rings (SSSR count). The molecule has 0 unspecified atom stereocenters. The quantitative estimate of drug-likeness (QED) is 0.735. The van der Waals surface area contributed by atoms with Crippen LogP contribution in [-0.4, -0.2) is 14.8 Å². The summed E-state index contributed by atoms with van der Waals surface area (Å²) >= 11 is 0. The van der Waals surface area contributed by atoms with Gasteiger partial charge in [0.15, 0.2) is 0 Å². The number of rotatable bonds is 2. The van der Waals surface area contributed by atoms with Crippen LogP contribution in [0.3, 0.4) is 0 Å². The lowest BCUT2D eigenvalue weighted by atomic mass is 10.2. The van der Waals surface area contributed by atoms with E-state index in [-0.39, 0.29) is 0 Å². The van der Waals surface area contributed by atoms with Gasteiger partial charge in [-0.1, -0.05) is 6.07 Å². The Hall–Kier alpha value is -2.15. The molecule has 2 aromatic heterocycles. The first kappa shape index (κ1) is 9.41. The van der Waals surface area contributed by atoms with E-state index in [0.29, 0.717) is 6.42 Å². The highest BCUT2D eigenvalue weighted by Crippen LogP contribution is 2.15. The van der Waals surface area contributed by atoms with Crippen molar-refractivity contribution >= 4 is 0 Å². The van der Waals surface area contributed by atoms with Gasteiger partial charge in [0.05, 0.1) is 23.9 Å². The second-order valence-corrected chi connectivity index (χ2v) is 3.19. The summed E-state index contributed by atoms with van der Waals surface area (Å²) in [5.74, 6) is 0. The van der Waals surface area contributed by atoms with Crippen molar-refractivity contribution in [2.24, 2.45) is 7.05 Å². The summed E-state index contributed by atoms with van der Waals surface area (Å²) < 4.78 is 1.72. The zero-order valence-corrected chi connectivity index (χ0v) is 8.38. The Morgan fingerprint density at radius 1 is 1.40 bits per heavy atom.